The molecule has 1 aliphatic rings. The number of aromatic hydroxyl groups is 1. The number of rotatable bonds is 2. The van der Waals surface area contributed by atoms with Gasteiger partial charge in [-0.25, -0.2) is 4.98 Å². The molecule has 2 aromatic rings. The van der Waals surface area contributed by atoms with Gasteiger partial charge in [-0.3, -0.25) is 4.79 Å². The van der Waals surface area contributed by atoms with Crippen molar-refractivity contribution >= 4 is 11.7 Å². The number of aryl methyl sites for hydroxylation is 1. The van der Waals surface area contributed by atoms with Crippen LogP contribution in [-0.2, 0) is 11.2 Å². The van der Waals surface area contributed by atoms with Crippen molar-refractivity contribution in [1.29, 1.82) is 0 Å². The lowest BCUT2D eigenvalue weighted by Gasteiger charge is -2.26. The minimum atomic E-state index is -0.420. The minimum Gasteiger partial charge on any atom is -0.504 e. The number of hydrogen-bond donors (Lipinski definition) is 3. The van der Waals surface area contributed by atoms with Crippen molar-refractivity contribution in [3.05, 3.63) is 53.2 Å². The molecule has 1 aromatic carbocycles. The maximum absolute atomic E-state index is 12.5. The average molecular weight is 283 g/mol. The van der Waals surface area contributed by atoms with Gasteiger partial charge in [0.2, 0.25) is 5.91 Å². The molecule has 1 amide bonds. The van der Waals surface area contributed by atoms with E-state index in [2.05, 4.69) is 15.6 Å². The van der Waals surface area contributed by atoms with Gasteiger partial charge >= 0.3 is 0 Å². The summed E-state index contributed by atoms with van der Waals surface area (Å²) >= 11 is 0. The van der Waals surface area contributed by atoms with E-state index in [1.807, 2.05) is 31.2 Å². The van der Waals surface area contributed by atoms with Crippen molar-refractivity contribution in [1.82, 2.24) is 10.3 Å². The summed E-state index contributed by atoms with van der Waals surface area (Å²) in [5, 5.41) is 15.7. The van der Waals surface area contributed by atoms with E-state index in [0.29, 0.717) is 0 Å². The molecule has 5 heteroatoms. The van der Waals surface area contributed by atoms with Crippen molar-refractivity contribution < 1.29 is 9.90 Å². The predicted molar refractivity (Wildman–Crippen MR) is 80.2 cm³/mol. The van der Waals surface area contributed by atoms with E-state index >= 15 is 0 Å². The van der Waals surface area contributed by atoms with Crippen LogP contribution in [0.2, 0.25) is 0 Å². The van der Waals surface area contributed by atoms with Crippen LogP contribution in [0.3, 0.4) is 0 Å². The zero-order valence-corrected chi connectivity index (χ0v) is 11.8. The molecule has 1 unspecified atom stereocenters. The number of hydrogen-bond acceptors (Lipinski definition) is 4. The van der Waals surface area contributed by atoms with Gasteiger partial charge in [0.1, 0.15) is 6.04 Å². The maximum atomic E-state index is 12.5. The number of anilines is 1. The molecule has 1 atom stereocenters. The Kier molecular flexibility index (Phi) is 3.58. The summed E-state index contributed by atoms with van der Waals surface area (Å²) in [6.45, 7) is 2.56. The Morgan fingerprint density at radius 2 is 2.14 bits per heavy atom. The highest BCUT2D eigenvalue weighted by molar-refractivity contribution is 5.96. The number of nitrogens with one attached hydrogen (secondary N) is 2. The Morgan fingerprint density at radius 3 is 3.00 bits per heavy atom. The molecule has 0 aliphatic carbocycles. The van der Waals surface area contributed by atoms with Gasteiger partial charge in [-0.15, -0.1) is 0 Å². The molecule has 1 aliphatic heterocycles. The number of carbonyl (C=O) groups is 1. The van der Waals surface area contributed by atoms with Crippen molar-refractivity contribution in [2.45, 2.75) is 19.4 Å². The minimum absolute atomic E-state index is 0.0296. The van der Waals surface area contributed by atoms with Crippen LogP contribution in [0.4, 0.5) is 5.82 Å². The monoisotopic (exact) mass is 283 g/mol. The highest BCUT2D eigenvalue weighted by Crippen LogP contribution is 2.26. The summed E-state index contributed by atoms with van der Waals surface area (Å²) in [5.41, 5.74) is 2.89. The molecule has 108 valence electrons. The fourth-order valence-electron chi connectivity index (χ4n) is 2.57. The third-order valence-corrected chi connectivity index (χ3v) is 3.63. The number of fused-ring (bicyclic) bond motifs is 1. The van der Waals surface area contributed by atoms with E-state index < -0.39 is 6.04 Å². The van der Waals surface area contributed by atoms with Crippen LogP contribution in [0.5, 0.6) is 5.75 Å². The molecule has 0 saturated heterocycles. The Hall–Kier alpha value is -2.40. The first-order chi connectivity index (χ1) is 10.1. The van der Waals surface area contributed by atoms with Gasteiger partial charge in [-0.1, -0.05) is 24.3 Å². The maximum Gasteiger partial charge on any atom is 0.247 e. The van der Waals surface area contributed by atoms with E-state index in [1.165, 1.54) is 11.6 Å². The molecule has 0 bridgehead atoms. The molecule has 0 spiro atoms. The van der Waals surface area contributed by atoms with Gasteiger partial charge < -0.3 is 15.7 Å². The predicted octanol–water partition coefficient (Wildman–Crippen LogP) is 1.92. The van der Waals surface area contributed by atoms with Crippen LogP contribution in [0.1, 0.15) is 22.9 Å². The van der Waals surface area contributed by atoms with Crippen molar-refractivity contribution in [2.24, 2.45) is 0 Å². The van der Waals surface area contributed by atoms with Crippen LogP contribution in [0, 0.1) is 6.92 Å². The van der Waals surface area contributed by atoms with Crippen molar-refractivity contribution in [3.63, 3.8) is 0 Å². The Morgan fingerprint density at radius 1 is 1.33 bits per heavy atom. The standard InChI is InChI=1S/C16H17N3O2/c1-10-6-7-13(20)15(18-10)19-16(21)14-12-5-3-2-4-11(12)8-9-17-14/h2-7,14,17,20H,8-9H2,1H3,(H,18,19,21). The second-order valence-electron chi connectivity index (χ2n) is 5.15. The topological polar surface area (TPSA) is 74.2 Å². The van der Waals surface area contributed by atoms with Crippen LogP contribution < -0.4 is 10.6 Å². The molecule has 5 nitrogen and oxygen atoms in total. The van der Waals surface area contributed by atoms with Crippen molar-refractivity contribution in [3.8, 4) is 5.75 Å². The van der Waals surface area contributed by atoms with Crippen LogP contribution in [-0.4, -0.2) is 22.5 Å². The molecule has 3 N–H and O–H groups in total. The second-order valence-corrected chi connectivity index (χ2v) is 5.15. The third kappa shape index (κ3) is 2.73. The molecule has 0 saturated carbocycles. The van der Waals surface area contributed by atoms with Crippen LogP contribution in [0.25, 0.3) is 0 Å². The normalized spacial score (nSPS) is 17.1. The van der Waals surface area contributed by atoms with Gasteiger partial charge in [0.15, 0.2) is 11.6 Å². The van der Waals surface area contributed by atoms with Crippen LogP contribution in [0.15, 0.2) is 36.4 Å². The average Bonchev–Trinajstić information content (AvgIpc) is 2.50. The Bertz CT molecular complexity index is 685. The Labute approximate surface area is 123 Å². The third-order valence-electron chi connectivity index (χ3n) is 3.63. The summed E-state index contributed by atoms with van der Waals surface area (Å²) < 4.78 is 0. The molecular formula is C16H17N3O2. The van der Waals surface area contributed by atoms with E-state index in [4.69, 9.17) is 0 Å². The quantitative estimate of drug-likeness (QED) is 0.787. The highest BCUT2D eigenvalue weighted by atomic mass is 16.3. The SMILES string of the molecule is Cc1ccc(O)c(NC(=O)C2NCCc3ccccc32)n1. The number of carbonyl (C=O) groups excluding carboxylic acids is 1. The smallest absolute Gasteiger partial charge is 0.247 e. The van der Waals surface area contributed by atoms with Gasteiger partial charge in [0.05, 0.1) is 0 Å². The molecule has 1 aromatic heterocycles. The molecule has 3 rings (SSSR count). The van der Waals surface area contributed by atoms with Gasteiger partial charge in [0.25, 0.3) is 0 Å². The molecule has 0 radical (unpaired) electrons. The molecule has 2 heterocycles. The number of amides is 1. The summed E-state index contributed by atoms with van der Waals surface area (Å²) in [4.78, 5) is 16.6. The first-order valence-corrected chi connectivity index (χ1v) is 6.94. The number of pyridine rings is 1. The fourth-order valence-corrected chi connectivity index (χ4v) is 2.57. The van der Waals surface area contributed by atoms with E-state index in [0.717, 1.165) is 24.2 Å². The number of nitrogens with zero attached hydrogens (tertiary/aromatic N) is 1. The lowest BCUT2D eigenvalue weighted by Crippen LogP contribution is -2.38. The van der Waals surface area contributed by atoms with E-state index in [1.54, 1.807) is 6.07 Å². The summed E-state index contributed by atoms with van der Waals surface area (Å²) in [7, 11) is 0. The van der Waals surface area contributed by atoms with E-state index in [-0.39, 0.29) is 17.5 Å². The lowest BCUT2D eigenvalue weighted by atomic mass is 9.94. The highest BCUT2D eigenvalue weighted by Gasteiger charge is 2.26. The summed E-state index contributed by atoms with van der Waals surface area (Å²) in [5.74, 6) is -0.0431. The first kappa shape index (κ1) is 13.6. The number of benzene rings is 1. The van der Waals surface area contributed by atoms with Crippen LogP contribution >= 0.6 is 0 Å². The zero-order valence-electron chi connectivity index (χ0n) is 11.8. The fraction of sp³-hybridized carbons (Fsp3) is 0.250. The molecular weight excluding hydrogens is 266 g/mol. The van der Waals surface area contributed by atoms with E-state index in [9.17, 15) is 9.90 Å². The summed E-state index contributed by atoms with van der Waals surface area (Å²) in [6.07, 6.45) is 0.911. The second kappa shape index (κ2) is 5.54. The number of aromatic nitrogens is 1. The summed E-state index contributed by atoms with van der Waals surface area (Å²) in [6, 6.07) is 10.7. The van der Waals surface area contributed by atoms with Gasteiger partial charge in [-0.2, -0.15) is 0 Å². The molecule has 0 fully saturated rings. The van der Waals surface area contributed by atoms with Crippen molar-refractivity contribution in [2.75, 3.05) is 11.9 Å². The van der Waals surface area contributed by atoms with Gasteiger partial charge in [-0.05, 0) is 36.6 Å². The Balaban J connectivity index is 1.85. The largest absolute Gasteiger partial charge is 0.504 e. The van der Waals surface area contributed by atoms with Gasteiger partial charge in [0, 0.05) is 12.2 Å². The lowest BCUT2D eigenvalue weighted by molar-refractivity contribution is -0.118. The zero-order chi connectivity index (χ0) is 14.8. The molecule has 21 heavy (non-hydrogen) atoms. The first-order valence-electron chi connectivity index (χ1n) is 6.94.